The highest BCUT2D eigenvalue weighted by molar-refractivity contribution is 7.80. The number of alkyl halides is 3. The zero-order valence-electron chi connectivity index (χ0n) is 12.7. The molecule has 0 spiro atoms. The van der Waals surface area contributed by atoms with Gasteiger partial charge in [0.25, 0.3) is 0 Å². The van der Waals surface area contributed by atoms with Crippen LogP contribution >= 0.6 is 23.8 Å². The number of aryl methyl sites for hydroxylation is 1. The summed E-state index contributed by atoms with van der Waals surface area (Å²) >= 11 is 11.0. The lowest BCUT2D eigenvalue weighted by Crippen LogP contribution is -2.29. The first-order valence-electron chi connectivity index (χ1n) is 7.31. The number of benzene rings is 2. The van der Waals surface area contributed by atoms with E-state index >= 15 is 0 Å². The average Bonchev–Trinajstić information content (AvgIpc) is 2.53. The van der Waals surface area contributed by atoms with Crippen molar-refractivity contribution in [3.63, 3.8) is 0 Å². The molecule has 0 radical (unpaired) electrons. The maximum atomic E-state index is 12.5. The average molecular weight is 373 g/mol. The minimum absolute atomic E-state index is 0.380. The van der Waals surface area contributed by atoms with Gasteiger partial charge in [-0.15, -0.1) is 0 Å². The molecule has 2 aromatic rings. The van der Waals surface area contributed by atoms with Gasteiger partial charge in [0.1, 0.15) is 0 Å². The van der Waals surface area contributed by atoms with Crippen LogP contribution in [0.1, 0.15) is 17.5 Å². The van der Waals surface area contributed by atoms with Gasteiger partial charge in [0.05, 0.1) is 5.56 Å². The normalized spacial score (nSPS) is 11.2. The summed E-state index contributed by atoms with van der Waals surface area (Å²) in [6, 6.07) is 12.4. The molecule has 24 heavy (non-hydrogen) atoms. The topological polar surface area (TPSA) is 24.1 Å². The molecule has 128 valence electrons. The predicted octanol–water partition coefficient (Wildman–Crippen LogP) is 5.28. The molecule has 0 fully saturated rings. The minimum Gasteiger partial charge on any atom is -0.362 e. The number of hydrogen-bond acceptors (Lipinski definition) is 1. The zero-order valence-corrected chi connectivity index (χ0v) is 14.2. The van der Waals surface area contributed by atoms with Gasteiger partial charge in [0, 0.05) is 17.3 Å². The Morgan fingerprint density at radius 1 is 1.00 bits per heavy atom. The molecule has 0 saturated heterocycles. The third-order valence-corrected chi connectivity index (χ3v) is 3.81. The summed E-state index contributed by atoms with van der Waals surface area (Å²) in [7, 11) is 0. The minimum atomic E-state index is -4.33. The van der Waals surface area contributed by atoms with Crippen LogP contribution in [0.15, 0.2) is 48.5 Å². The molecule has 2 nitrogen and oxygen atoms in total. The molecule has 0 heterocycles. The quantitative estimate of drug-likeness (QED) is 0.551. The summed E-state index contributed by atoms with van der Waals surface area (Å²) in [6.07, 6.45) is -2.58. The molecule has 0 atom stereocenters. The zero-order chi connectivity index (χ0) is 17.6. The molecule has 0 aliphatic heterocycles. The molecule has 2 aromatic carbocycles. The van der Waals surface area contributed by atoms with Crippen molar-refractivity contribution in [2.24, 2.45) is 0 Å². The molecule has 0 aromatic heterocycles. The fraction of sp³-hybridized carbons (Fsp3) is 0.235. The first-order chi connectivity index (χ1) is 11.3. The SMILES string of the molecule is FC(F)(F)c1ccc(NC(=S)NCCCc2ccc(Cl)cc2)cc1. The first kappa shape index (κ1) is 18.5. The monoisotopic (exact) mass is 372 g/mol. The second-order valence-electron chi connectivity index (χ2n) is 5.19. The van der Waals surface area contributed by atoms with E-state index in [4.69, 9.17) is 23.8 Å². The van der Waals surface area contributed by atoms with E-state index in [2.05, 4.69) is 10.6 Å². The molecular weight excluding hydrogens is 357 g/mol. The van der Waals surface area contributed by atoms with Crippen LogP contribution in [-0.2, 0) is 12.6 Å². The van der Waals surface area contributed by atoms with Crippen LogP contribution in [0.3, 0.4) is 0 Å². The van der Waals surface area contributed by atoms with Gasteiger partial charge in [0.2, 0.25) is 0 Å². The molecule has 0 bridgehead atoms. The summed E-state index contributed by atoms with van der Waals surface area (Å²) in [6.45, 7) is 0.662. The number of nitrogens with one attached hydrogen (secondary N) is 2. The van der Waals surface area contributed by atoms with Crippen LogP contribution in [0.2, 0.25) is 5.02 Å². The second kappa shape index (κ2) is 8.35. The van der Waals surface area contributed by atoms with E-state index in [0.29, 0.717) is 22.4 Å². The molecule has 0 unspecified atom stereocenters. The van der Waals surface area contributed by atoms with E-state index in [1.807, 2.05) is 24.3 Å². The van der Waals surface area contributed by atoms with Gasteiger partial charge >= 0.3 is 6.18 Å². The van der Waals surface area contributed by atoms with E-state index in [1.165, 1.54) is 17.7 Å². The van der Waals surface area contributed by atoms with Gasteiger partial charge in [-0.3, -0.25) is 0 Å². The Kier molecular flexibility index (Phi) is 6.45. The Hall–Kier alpha value is -1.79. The van der Waals surface area contributed by atoms with E-state index in [9.17, 15) is 13.2 Å². The fourth-order valence-corrected chi connectivity index (χ4v) is 2.41. The highest BCUT2D eigenvalue weighted by Gasteiger charge is 2.29. The van der Waals surface area contributed by atoms with E-state index in [-0.39, 0.29) is 0 Å². The van der Waals surface area contributed by atoms with Crippen LogP contribution < -0.4 is 10.6 Å². The Bertz CT molecular complexity index is 670. The summed E-state index contributed by atoms with van der Waals surface area (Å²) in [4.78, 5) is 0. The van der Waals surface area contributed by atoms with Gasteiger partial charge in [0.15, 0.2) is 5.11 Å². The second-order valence-corrected chi connectivity index (χ2v) is 6.03. The molecule has 7 heteroatoms. The van der Waals surface area contributed by atoms with Gasteiger partial charge in [-0.05, 0) is 67.0 Å². The lowest BCUT2D eigenvalue weighted by atomic mass is 10.1. The Labute approximate surface area is 149 Å². The number of anilines is 1. The number of hydrogen-bond donors (Lipinski definition) is 2. The summed E-state index contributed by atoms with van der Waals surface area (Å²) < 4.78 is 37.5. The lowest BCUT2D eigenvalue weighted by molar-refractivity contribution is -0.137. The van der Waals surface area contributed by atoms with Crippen LogP contribution in [-0.4, -0.2) is 11.7 Å². The molecule has 0 amide bonds. The maximum Gasteiger partial charge on any atom is 0.416 e. The van der Waals surface area contributed by atoms with Crippen molar-refractivity contribution >= 4 is 34.6 Å². The number of thiocarbonyl (C=S) groups is 1. The van der Waals surface area contributed by atoms with Crippen LogP contribution in [0.25, 0.3) is 0 Å². The smallest absolute Gasteiger partial charge is 0.362 e. The van der Waals surface area contributed by atoms with Crippen molar-refractivity contribution in [2.75, 3.05) is 11.9 Å². The van der Waals surface area contributed by atoms with Crippen LogP contribution in [0.4, 0.5) is 18.9 Å². The molecule has 2 N–H and O–H groups in total. The first-order valence-corrected chi connectivity index (χ1v) is 8.10. The van der Waals surface area contributed by atoms with Gasteiger partial charge in [-0.2, -0.15) is 13.2 Å². The Morgan fingerprint density at radius 3 is 2.21 bits per heavy atom. The van der Waals surface area contributed by atoms with Gasteiger partial charge in [-0.1, -0.05) is 23.7 Å². The Balaban J connectivity index is 1.72. The third-order valence-electron chi connectivity index (χ3n) is 3.31. The van der Waals surface area contributed by atoms with E-state index < -0.39 is 11.7 Å². The summed E-state index contributed by atoms with van der Waals surface area (Å²) in [5.41, 5.74) is 1.01. The standard InChI is InChI=1S/C17H16ClF3N2S/c18-14-7-3-12(4-8-14)2-1-11-22-16(24)23-15-9-5-13(6-10-15)17(19,20)21/h3-10H,1-2,11H2,(H2,22,23,24). The predicted molar refractivity (Wildman–Crippen MR) is 95.4 cm³/mol. The van der Waals surface area contributed by atoms with Crippen molar-refractivity contribution in [3.8, 4) is 0 Å². The van der Waals surface area contributed by atoms with Gasteiger partial charge < -0.3 is 10.6 Å². The van der Waals surface area contributed by atoms with Crippen molar-refractivity contribution in [1.82, 2.24) is 5.32 Å². The van der Waals surface area contributed by atoms with Crippen molar-refractivity contribution in [2.45, 2.75) is 19.0 Å². The van der Waals surface area contributed by atoms with E-state index in [0.717, 1.165) is 25.0 Å². The fourth-order valence-electron chi connectivity index (χ4n) is 2.06. The van der Waals surface area contributed by atoms with Crippen LogP contribution in [0, 0.1) is 0 Å². The largest absolute Gasteiger partial charge is 0.416 e. The lowest BCUT2D eigenvalue weighted by Gasteiger charge is -2.12. The van der Waals surface area contributed by atoms with Crippen molar-refractivity contribution in [1.29, 1.82) is 0 Å². The molecular formula is C17H16ClF3N2S. The third kappa shape index (κ3) is 6.02. The van der Waals surface area contributed by atoms with Crippen LogP contribution in [0.5, 0.6) is 0 Å². The molecule has 2 rings (SSSR count). The van der Waals surface area contributed by atoms with Crippen molar-refractivity contribution < 1.29 is 13.2 Å². The molecule has 0 aliphatic carbocycles. The summed E-state index contributed by atoms with van der Waals surface area (Å²) in [5.74, 6) is 0. The highest BCUT2D eigenvalue weighted by Crippen LogP contribution is 2.29. The molecule has 0 saturated carbocycles. The van der Waals surface area contributed by atoms with Crippen molar-refractivity contribution in [3.05, 3.63) is 64.7 Å². The highest BCUT2D eigenvalue weighted by atomic mass is 35.5. The summed E-state index contributed by atoms with van der Waals surface area (Å²) in [5, 5.41) is 6.98. The molecule has 0 aliphatic rings. The maximum absolute atomic E-state index is 12.5. The van der Waals surface area contributed by atoms with E-state index in [1.54, 1.807) is 0 Å². The number of halogens is 4. The Morgan fingerprint density at radius 2 is 1.62 bits per heavy atom. The van der Waals surface area contributed by atoms with Gasteiger partial charge in [-0.25, -0.2) is 0 Å². The number of rotatable bonds is 5.